The van der Waals surface area contributed by atoms with Crippen molar-refractivity contribution in [3.05, 3.63) is 40.7 Å². The predicted octanol–water partition coefficient (Wildman–Crippen LogP) is 1.58. The summed E-state index contributed by atoms with van der Waals surface area (Å²) in [7, 11) is 0. The van der Waals surface area contributed by atoms with E-state index in [1.54, 1.807) is 11.3 Å². The van der Waals surface area contributed by atoms with Crippen LogP contribution in [0.5, 0.6) is 0 Å². The average Bonchev–Trinajstić information content (AvgIpc) is 2.76. The van der Waals surface area contributed by atoms with E-state index in [2.05, 4.69) is 9.98 Å². The zero-order valence-electron chi connectivity index (χ0n) is 8.63. The van der Waals surface area contributed by atoms with Gasteiger partial charge in [-0.1, -0.05) is 30.3 Å². The smallest absolute Gasteiger partial charge is 0.186 e. The first-order valence-corrected chi connectivity index (χ1v) is 5.69. The molecule has 82 valence electrons. The highest BCUT2D eigenvalue weighted by Crippen LogP contribution is 2.21. The van der Waals surface area contributed by atoms with Crippen LogP contribution in [0.25, 0.3) is 11.3 Å². The average molecular weight is 232 g/mol. The van der Waals surface area contributed by atoms with Crippen LogP contribution in [0.2, 0.25) is 0 Å². The SMILES string of the molecule is NC(N)=NCc1nc(-c2ccccc2)cs1. The van der Waals surface area contributed by atoms with Crippen LogP contribution in [-0.4, -0.2) is 10.9 Å². The molecule has 4 N–H and O–H groups in total. The van der Waals surface area contributed by atoms with Gasteiger partial charge in [0.2, 0.25) is 0 Å². The molecule has 0 bridgehead atoms. The Morgan fingerprint density at radius 2 is 2.00 bits per heavy atom. The minimum Gasteiger partial charge on any atom is -0.370 e. The summed E-state index contributed by atoms with van der Waals surface area (Å²) in [6.45, 7) is 0.444. The van der Waals surface area contributed by atoms with Crippen molar-refractivity contribution in [2.75, 3.05) is 0 Å². The Kier molecular flexibility index (Phi) is 3.16. The van der Waals surface area contributed by atoms with Crippen LogP contribution in [0.15, 0.2) is 40.7 Å². The maximum atomic E-state index is 5.26. The summed E-state index contributed by atoms with van der Waals surface area (Å²) in [5, 5.41) is 2.92. The van der Waals surface area contributed by atoms with Crippen LogP contribution < -0.4 is 11.5 Å². The second-order valence-electron chi connectivity index (χ2n) is 3.23. The van der Waals surface area contributed by atoms with E-state index in [0.717, 1.165) is 16.3 Å². The first-order chi connectivity index (χ1) is 7.75. The zero-order chi connectivity index (χ0) is 11.4. The lowest BCUT2D eigenvalue weighted by molar-refractivity contribution is 1.03. The molecule has 0 aliphatic rings. The summed E-state index contributed by atoms with van der Waals surface area (Å²) >= 11 is 1.56. The van der Waals surface area contributed by atoms with Gasteiger partial charge in [0.25, 0.3) is 0 Å². The molecule has 0 atom stereocenters. The van der Waals surface area contributed by atoms with Gasteiger partial charge in [0.1, 0.15) is 5.01 Å². The van der Waals surface area contributed by atoms with E-state index in [9.17, 15) is 0 Å². The Hall–Kier alpha value is -1.88. The minimum absolute atomic E-state index is 0.0939. The Bertz CT molecular complexity index is 486. The molecule has 5 heteroatoms. The van der Waals surface area contributed by atoms with E-state index in [1.165, 1.54) is 0 Å². The van der Waals surface area contributed by atoms with Gasteiger partial charge in [-0.25, -0.2) is 9.98 Å². The number of nitrogens with two attached hydrogens (primary N) is 2. The number of benzene rings is 1. The second kappa shape index (κ2) is 4.76. The van der Waals surface area contributed by atoms with Crippen molar-refractivity contribution in [1.29, 1.82) is 0 Å². The first-order valence-electron chi connectivity index (χ1n) is 4.81. The Morgan fingerprint density at radius 1 is 1.25 bits per heavy atom. The van der Waals surface area contributed by atoms with Crippen LogP contribution in [-0.2, 0) is 6.54 Å². The Morgan fingerprint density at radius 3 is 2.69 bits per heavy atom. The van der Waals surface area contributed by atoms with Crippen LogP contribution in [0.1, 0.15) is 5.01 Å². The maximum Gasteiger partial charge on any atom is 0.186 e. The van der Waals surface area contributed by atoms with Gasteiger partial charge in [0.05, 0.1) is 12.2 Å². The quantitative estimate of drug-likeness (QED) is 0.623. The van der Waals surface area contributed by atoms with Gasteiger partial charge in [0, 0.05) is 10.9 Å². The van der Waals surface area contributed by atoms with E-state index in [-0.39, 0.29) is 5.96 Å². The number of thiazole rings is 1. The summed E-state index contributed by atoms with van der Waals surface area (Å²) in [4.78, 5) is 8.37. The minimum atomic E-state index is 0.0939. The van der Waals surface area contributed by atoms with Crippen LogP contribution in [0.3, 0.4) is 0 Å². The Labute approximate surface area is 97.7 Å². The van der Waals surface area contributed by atoms with E-state index in [4.69, 9.17) is 11.5 Å². The van der Waals surface area contributed by atoms with Gasteiger partial charge in [-0.05, 0) is 0 Å². The van der Waals surface area contributed by atoms with E-state index in [1.807, 2.05) is 35.7 Å². The van der Waals surface area contributed by atoms with Crippen molar-refractivity contribution in [2.45, 2.75) is 6.54 Å². The van der Waals surface area contributed by atoms with E-state index in [0.29, 0.717) is 6.54 Å². The number of guanidine groups is 1. The van der Waals surface area contributed by atoms with Gasteiger partial charge >= 0.3 is 0 Å². The van der Waals surface area contributed by atoms with Crippen molar-refractivity contribution in [3.8, 4) is 11.3 Å². The summed E-state index contributed by atoms with van der Waals surface area (Å²) < 4.78 is 0. The number of hydrogen-bond acceptors (Lipinski definition) is 3. The molecule has 4 nitrogen and oxygen atoms in total. The van der Waals surface area contributed by atoms with Crippen LogP contribution >= 0.6 is 11.3 Å². The molecular weight excluding hydrogens is 220 g/mol. The van der Waals surface area contributed by atoms with Crippen molar-refractivity contribution in [2.24, 2.45) is 16.5 Å². The highest BCUT2D eigenvalue weighted by molar-refractivity contribution is 7.09. The molecule has 1 heterocycles. The predicted molar refractivity (Wildman–Crippen MR) is 67.1 cm³/mol. The molecule has 0 fully saturated rings. The molecular formula is C11H12N4S. The van der Waals surface area contributed by atoms with Crippen molar-refractivity contribution in [3.63, 3.8) is 0 Å². The molecule has 2 aromatic rings. The third kappa shape index (κ3) is 2.58. The Balaban J connectivity index is 2.17. The number of aliphatic imine (C=N–C) groups is 1. The largest absolute Gasteiger partial charge is 0.370 e. The second-order valence-corrected chi connectivity index (χ2v) is 4.18. The van der Waals surface area contributed by atoms with E-state index >= 15 is 0 Å². The molecule has 0 aliphatic carbocycles. The molecule has 1 aromatic carbocycles. The first kappa shape index (κ1) is 10.6. The third-order valence-electron chi connectivity index (χ3n) is 2.02. The number of nitrogens with zero attached hydrogens (tertiary/aromatic N) is 2. The lowest BCUT2D eigenvalue weighted by atomic mass is 10.2. The summed E-state index contributed by atoms with van der Waals surface area (Å²) in [5.74, 6) is 0.0939. The molecule has 1 aromatic heterocycles. The monoisotopic (exact) mass is 232 g/mol. The topological polar surface area (TPSA) is 77.3 Å². The van der Waals surface area contributed by atoms with Crippen LogP contribution in [0, 0.1) is 0 Å². The van der Waals surface area contributed by atoms with Gasteiger partial charge in [-0.3, -0.25) is 0 Å². The summed E-state index contributed by atoms with van der Waals surface area (Å²) in [5.41, 5.74) is 12.6. The maximum absolute atomic E-state index is 5.26. The highest BCUT2D eigenvalue weighted by Gasteiger charge is 2.03. The standard InChI is InChI=1S/C11H12N4S/c12-11(13)14-6-10-15-9(7-16-10)8-4-2-1-3-5-8/h1-5,7H,6H2,(H4,12,13,14). The number of aromatic nitrogens is 1. The molecule has 16 heavy (non-hydrogen) atoms. The molecule has 0 saturated carbocycles. The number of rotatable bonds is 3. The van der Waals surface area contributed by atoms with Gasteiger partial charge in [0.15, 0.2) is 5.96 Å². The highest BCUT2D eigenvalue weighted by atomic mass is 32.1. The zero-order valence-corrected chi connectivity index (χ0v) is 9.45. The molecule has 0 spiro atoms. The number of hydrogen-bond donors (Lipinski definition) is 2. The fourth-order valence-electron chi connectivity index (χ4n) is 1.28. The molecule has 0 aliphatic heterocycles. The van der Waals surface area contributed by atoms with Crippen molar-refractivity contribution >= 4 is 17.3 Å². The third-order valence-corrected chi connectivity index (χ3v) is 2.85. The van der Waals surface area contributed by atoms with Gasteiger partial charge < -0.3 is 11.5 Å². The van der Waals surface area contributed by atoms with Crippen molar-refractivity contribution < 1.29 is 0 Å². The fraction of sp³-hybridized carbons (Fsp3) is 0.0909. The molecule has 0 amide bonds. The molecule has 0 radical (unpaired) electrons. The van der Waals surface area contributed by atoms with Gasteiger partial charge in [-0.2, -0.15) is 0 Å². The van der Waals surface area contributed by atoms with Crippen molar-refractivity contribution in [1.82, 2.24) is 4.98 Å². The molecule has 2 rings (SSSR count). The lowest BCUT2D eigenvalue weighted by Crippen LogP contribution is -2.22. The van der Waals surface area contributed by atoms with Gasteiger partial charge in [-0.15, -0.1) is 11.3 Å². The molecule has 0 unspecified atom stereocenters. The molecule has 0 saturated heterocycles. The summed E-state index contributed by atoms with van der Waals surface area (Å²) in [6.07, 6.45) is 0. The van der Waals surface area contributed by atoms with Crippen LogP contribution in [0.4, 0.5) is 0 Å². The van der Waals surface area contributed by atoms with E-state index < -0.39 is 0 Å². The lowest BCUT2D eigenvalue weighted by Gasteiger charge is -1.94. The normalized spacial score (nSPS) is 10.0. The summed E-state index contributed by atoms with van der Waals surface area (Å²) in [6, 6.07) is 10.0. The fourth-order valence-corrected chi connectivity index (χ4v) is 2.01.